The maximum atomic E-state index is 12.0. The number of benzene rings is 4. The van der Waals surface area contributed by atoms with Crippen molar-refractivity contribution in [2.24, 2.45) is 5.92 Å². The minimum atomic E-state index is -0.646. The molecule has 0 bridgehead atoms. The van der Waals surface area contributed by atoms with Crippen LogP contribution >= 0.6 is 0 Å². The first-order valence-electron chi connectivity index (χ1n) is 16.4. The Morgan fingerprint density at radius 1 is 0.958 bits per heavy atom. The zero-order valence-electron chi connectivity index (χ0n) is 27.9. The summed E-state index contributed by atoms with van der Waals surface area (Å²) in [7, 11) is 2.02. The minimum absolute atomic E-state index is 0.00145. The summed E-state index contributed by atoms with van der Waals surface area (Å²) in [5, 5.41) is 23.5. The lowest BCUT2D eigenvalue weighted by Crippen LogP contribution is -2.46. The highest BCUT2D eigenvalue weighted by atomic mass is 16.7. The van der Waals surface area contributed by atoms with E-state index >= 15 is 0 Å². The standard InChI is InChI=1S/C40H46N2O6/c1-5-23-46-40(45)41-24-34-13-9-10-14-35(34)30-19-21-33(22-20-30)39-47-36(25-42(4)28(3)37(44)31-11-7-6-8-12-31)27(2)38(48-39)32-17-15-29(26-43)16-18-32/h5-22,27-28,36-39,43-44H,1,23-26H2,2-4H3,(H,41,45)/t27-,28-,36+,37-,38+,39+/m1/s1. The van der Waals surface area contributed by atoms with Crippen molar-refractivity contribution in [3.05, 3.63) is 144 Å². The third-order valence-corrected chi connectivity index (χ3v) is 9.15. The zero-order chi connectivity index (χ0) is 34.0. The van der Waals surface area contributed by atoms with Gasteiger partial charge < -0.3 is 29.7 Å². The summed E-state index contributed by atoms with van der Waals surface area (Å²) in [6, 6.07) is 33.5. The highest BCUT2D eigenvalue weighted by Crippen LogP contribution is 2.42. The highest BCUT2D eigenvalue weighted by molar-refractivity contribution is 5.70. The van der Waals surface area contributed by atoms with E-state index in [0.29, 0.717) is 13.1 Å². The normalized spacial score (nSPS) is 20.5. The highest BCUT2D eigenvalue weighted by Gasteiger charge is 2.39. The van der Waals surface area contributed by atoms with Crippen LogP contribution in [0.3, 0.4) is 0 Å². The molecule has 6 atom stereocenters. The first-order chi connectivity index (χ1) is 23.3. The number of nitrogens with zero attached hydrogens (tertiary/aromatic N) is 1. The quantitative estimate of drug-likeness (QED) is 0.133. The van der Waals surface area contributed by atoms with Crippen LogP contribution in [0.2, 0.25) is 0 Å². The van der Waals surface area contributed by atoms with Gasteiger partial charge in [0.1, 0.15) is 6.61 Å². The molecule has 5 rings (SSSR count). The number of likely N-dealkylation sites (N-methyl/N-ethyl adjacent to an activating group) is 1. The van der Waals surface area contributed by atoms with Gasteiger partial charge in [-0.2, -0.15) is 0 Å². The molecule has 1 saturated heterocycles. The monoisotopic (exact) mass is 650 g/mol. The van der Waals surface area contributed by atoms with Gasteiger partial charge in [0.2, 0.25) is 0 Å². The summed E-state index contributed by atoms with van der Waals surface area (Å²) < 4.78 is 18.4. The van der Waals surface area contributed by atoms with Gasteiger partial charge in [-0.25, -0.2) is 4.79 Å². The Balaban J connectivity index is 1.36. The number of carbonyl (C=O) groups excluding carboxylic acids is 1. The number of ether oxygens (including phenoxy) is 3. The van der Waals surface area contributed by atoms with Crippen LogP contribution in [0, 0.1) is 5.92 Å². The molecule has 0 spiro atoms. The Hall–Kier alpha value is -4.31. The van der Waals surface area contributed by atoms with Gasteiger partial charge >= 0.3 is 6.09 Å². The number of hydrogen-bond donors (Lipinski definition) is 3. The van der Waals surface area contributed by atoms with E-state index in [1.54, 1.807) is 0 Å². The van der Waals surface area contributed by atoms with E-state index in [9.17, 15) is 15.0 Å². The number of alkyl carbamates (subject to hydrolysis) is 1. The first-order valence-corrected chi connectivity index (χ1v) is 16.4. The van der Waals surface area contributed by atoms with Crippen molar-refractivity contribution in [1.29, 1.82) is 0 Å². The summed E-state index contributed by atoms with van der Waals surface area (Å²) in [6.45, 7) is 8.78. The maximum Gasteiger partial charge on any atom is 0.407 e. The molecule has 1 amide bonds. The molecule has 0 saturated carbocycles. The van der Waals surface area contributed by atoms with Crippen LogP contribution in [-0.2, 0) is 27.4 Å². The van der Waals surface area contributed by atoms with Crippen LogP contribution < -0.4 is 5.32 Å². The molecule has 0 aliphatic carbocycles. The largest absolute Gasteiger partial charge is 0.445 e. The fourth-order valence-electron chi connectivity index (χ4n) is 6.08. The van der Waals surface area contributed by atoms with Crippen LogP contribution in [-0.4, -0.2) is 53.6 Å². The fourth-order valence-corrected chi connectivity index (χ4v) is 6.08. The van der Waals surface area contributed by atoms with Gasteiger partial charge in [-0.3, -0.25) is 4.90 Å². The minimum Gasteiger partial charge on any atom is -0.445 e. The Labute approximate surface area is 283 Å². The lowest BCUT2D eigenvalue weighted by molar-refractivity contribution is -0.276. The third kappa shape index (κ3) is 8.58. The fraction of sp³-hybridized carbons (Fsp3) is 0.325. The van der Waals surface area contributed by atoms with Crippen molar-refractivity contribution in [3.63, 3.8) is 0 Å². The van der Waals surface area contributed by atoms with Gasteiger partial charge in [0.25, 0.3) is 0 Å². The van der Waals surface area contributed by atoms with Gasteiger partial charge in [0.15, 0.2) is 6.29 Å². The first kappa shape index (κ1) is 35.0. The molecule has 1 heterocycles. The summed E-state index contributed by atoms with van der Waals surface area (Å²) in [5.41, 5.74) is 6.58. The number of hydrogen-bond acceptors (Lipinski definition) is 7. The van der Waals surface area contributed by atoms with Crippen molar-refractivity contribution in [3.8, 4) is 11.1 Å². The van der Waals surface area contributed by atoms with E-state index in [2.05, 4.69) is 23.7 Å². The predicted octanol–water partition coefficient (Wildman–Crippen LogP) is 7.10. The Morgan fingerprint density at radius 3 is 2.31 bits per heavy atom. The molecule has 1 aliphatic heterocycles. The SMILES string of the molecule is C=CCOC(=O)NCc1ccccc1-c1ccc([C@H]2O[C@@H](CN(C)[C@H](C)[C@@H](O)c3ccccc3)[C@@H](C)[C@@H](c3ccc(CO)cc3)O2)cc1. The average molecular weight is 651 g/mol. The third-order valence-electron chi connectivity index (χ3n) is 9.15. The molecule has 0 radical (unpaired) electrons. The smallest absolute Gasteiger partial charge is 0.407 e. The molecule has 4 aromatic rings. The van der Waals surface area contributed by atoms with E-state index in [1.807, 2.05) is 117 Å². The lowest BCUT2D eigenvalue weighted by Gasteiger charge is -2.43. The molecule has 8 heteroatoms. The molecule has 0 aromatic heterocycles. The number of aliphatic hydroxyl groups is 2. The molecule has 1 aliphatic rings. The van der Waals surface area contributed by atoms with Crippen LogP contribution in [0.5, 0.6) is 0 Å². The topological polar surface area (TPSA) is 100 Å². The van der Waals surface area contributed by atoms with E-state index < -0.39 is 18.5 Å². The summed E-state index contributed by atoms with van der Waals surface area (Å²) in [6.07, 6.45) is -0.687. The van der Waals surface area contributed by atoms with Gasteiger partial charge in [-0.05, 0) is 47.4 Å². The van der Waals surface area contributed by atoms with Crippen molar-refractivity contribution in [2.75, 3.05) is 20.2 Å². The molecule has 0 unspecified atom stereocenters. The van der Waals surface area contributed by atoms with E-state index in [1.165, 1.54) is 6.08 Å². The molecule has 252 valence electrons. The number of rotatable bonds is 13. The molecule has 8 nitrogen and oxygen atoms in total. The maximum absolute atomic E-state index is 12.0. The molecule has 3 N–H and O–H groups in total. The second-order valence-electron chi connectivity index (χ2n) is 12.4. The molecule has 4 aromatic carbocycles. The number of amides is 1. The second-order valence-corrected chi connectivity index (χ2v) is 12.4. The summed E-state index contributed by atoms with van der Waals surface area (Å²) in [4.78, 5) is 14.2. The Morgan fingerprint density at radius 2 is 1.62 bits per heavy atom. The van der Waals surface area contributed by atoms with Crippen LogP contribution in [0.15, 0.2) is 116 Å². The van der Waals surface area contributed by atoms with E-state index in [-0.39, 0.29) is 37.4 Å². The Kier molecular flexibility index (Phi) is 12.2. The van der Waals surface area contributed by atoms with Gasteiger partial charge in [0.05, 0.1) is 24.9 Å². The predicted molar refractivity (Wildman–Crippen MR) is 187 cm³/mol. The summed E-state index contributed by atoms with van der Waals surface area (Å²) >= 11 is 0. The number of carbonyl (C=O) groups is 1. The Bertz CT molecular complexity index is 1610. The molecule has 1 fully saturated rings. The van der Waals surface area contributed by atoms with Crippen LogP contribution in [0.4, 0.5) is 4.79 Å². The van der Waals surface area contributed by atoms with Crippen LogP contribution in [0.1, 0.15) is 60.2 Å². The van der Waals surface area contributed by atoms with Gasteiger partial charge in [-0.15, -0.1) is 0 Å². The number of nitrogens with one attached hydrogen (secondary N) is 1. The van der Waals surface area contributed by atoms with Crippen molar-refractivity contribution in [2.45, 2.75) is 57.6 Å². The molecular formula is C40H46N2O6. The van der Waals surface area contributed by atoms with Crippen molar-refractivity contribution >= 4 is 6.09 Å². The van der Waals surface area contributed by atoms with E-state index in [0.717, 1.165) is 38.9 Å². The molecule has 48 heavy (non-hydrogen) atoms. The van der Waals surface area contributed by atoms with Crippen molar-refractivity contribution in [1.82, 2.24) is 10.2 Å². The average Bonchev–Trinajstić information content (AvgIpc) is 3.13. The zero-order valence-corrected chi connectivity index (χ0v) is 27.9. The van der Waals surface area contributed by atoms with E-state index in [4.69, 9.17) is 14.2 Å². The second kappa shape index (κ2) is 16.7. The molecular weight excluding hydrogens is 604 g/mol. The number of aliphatic hydroxyl groups excluding tert-OH is 2. The van der Waals surface area contributed by atoms with Crippen LogP contribution in [0.25, 0.3) is 11.1 Å². The lowest BCUT2D eigenvalue weighted by atomic mass is 9.89. The van der Waals surface area contributed by atoms with Crippen molar-refractivity contribution < 1.29 is 29.2 Å². The van der Waals surface area contributed by atoms with Gasteiger partial charge in [-0.1, -0.05) is 123 Å². The summed E-state index contributed by atoms with van der Waals surface area (Å²) in [5.74, 6) is 0.00145. The van der Waals surface area contributed by atoms with Gasteiger partial charge in [0, 0.05) is 30.6 Å².